The maximum absolute atomic E-state index is 8.84. The number of nitrogens with two attached hydrogens (primary N) is 1. The van der Waals surface area contributed by atoms with Gasteiger partial charge in [-0.3, -0.25) is 0 Å². The van der Waals surface area contributed by atoms with Crippen molar-refractivity contribution in [2.24, 2.45) is 7.05 Å². The second-order valence-electron chi connectivity index (χ2n) is 4.34. The zero-order valence-electron chi connectivity index (χ0n) is 10.1. The highest BCUT2D eigenvalue weighted by molar-refractivity contribution is 5.97. The van der Waals surface area contributed by atoms with Crippen LogP contribution in [0.4, 0.5) is 11.7 Å². The topological polar surface area (TPSA) is 76.3 Å². The van der Waals surface area contributed by atoms with Crippen molar-refractivity contribution in [3.8, 4) is 0 Å². The minimum Gasteiger partial charge on any atom is -0.441 e. The van der Waals surface area contributed by atoms with Crippen LogP contribution in [0.15, 0.2) is 28.7 Å². The van der Waals surface area contributed by atoms with Crippen LogP contribution in [0, 0.1) is 0 Å². The molecule has 0 atom stereocenters. The summed E-state index contributed by atoms with van der Waals surface area (Å²) in [6.45, 7) is 0.646. The molecule has 18 heavy (non-hydrogen) atoms. The van der Waals surface area contributed by atoms with E-state index in [1.807, 2.05) is 29.8 Å². The summed E-state index contributed by atoms with van der Waals surface area (Å²) < 4.78 is 7.46. The molecule has 3 aromatic rings. The lowest BCUT2D eigenvalue weighted by Gasteiger charge is -2.05. The largest absolute Gasteiger partial charge is 0.441 e. The number of aryl methyl sites for hydroxylation is 1. The van der Waals surface area contributed by atoms with E-state index in [0.717, 1.165) is 27.7 Å². The molecule has 0 aliphatic carbocycles. The van der Waals surface area contributed by atoms with Crippen LogP contribution in [-0.2, 0) is 7.05 Å². The van der Waals surface area contributed by atoms with Crippen molar-refractivity contribution in [2.45, 2.75) is 0 Å². The van der Waals surface area contributed by atoms with Crippen LogP contribution in [0.25, 0.3) is 21.9 Å². The molecule has 5 heteroatoms. The summed E-state index contributed by atoms with van der Waals surface area (Å²) in [4.78, 5) is 0. The average Bonchev–Trinajstić information content (AvgIpc) is 2.84. The van der Waals surface area contributed by atoms with Gasteiger partial charge in [0.2, 0.25) is 0 Å². The van der Waals surface area contributed by atoms with Crippen LogP contribution >= 0.6 is 0 Å². The molecule has 0 fully saturated rings. The molecule has 0 saturated carbocycles. The zero-order chi connectivity index (χ0) is 12.7. The highest BCUT2D eigenvalue weighted by atomic mass is 16.3. The fraction of sp³-hybridized carbons (Fsp3) is 0.231. The van der Waals surface area contributed by atoms with Gasteiger partial charge in [0.05, 0.1) is 12.1 Å². The molecule has 3 rings (SSSR count). The lowest BCUT2D eigenvalue weighted by atomic mass is 10.2. The van der Waals surface area contributed by atoms with Crippen molar-refractivity contribution in [1.82, 2.24) is 4.57 Å². The van der Waals surface area contributed by atoms with Crippen molar-refractivity contribution in [2.75, 3.05) is 24.2 Å². The number of benzene rings is 1. The number of aromatic nitrogens is 1. The molecule has 0 radical (unpaired) electrons. The Labute approximate surface area is 104 Å². The summed E-state index contributed by atoms with van der Waals surface area (Å²) in [5.41, 5.74) is 7.53. The Bertz CT molecular complexity index is 712. The molecule has 94 valence electrons. The number of rotatable bonds is 3. The summed E-state index contributed by atoms with van der Waals surface area (Å²) in [7, 11) is 1.98. The quantitative estimate of drug-likeness (QED) is 0.658. The van der Waals surface area contributed by atoms with Gasteiger partial charge in [-0.15, -0.1) is 0 Å². The highest BCUT2D eigenvalue weighted by Gasteiger charge is 2.09. The Kier molecular flexibility index (Phi) is 2.41. The number of nitrogens with zero attached hydrogens (tertiary/aromatic N) is 1. The lowest BCUT2D eigenvalue weighted by Crippen LogP contribution is -2.08. The van der Waals surface area contributed by atoms with Gasteiger partial charge >= 0.3 is 0 Å². The van der Waals surface area contributed by atoms with E-state index in [-0.39, 0.29) is 6.61 Å². The number of fused-ring (bicyclic) bond motifs is 2. The highest BCUT2D eigenvalue weighted by Crippen LogP contribution is 2.29. The van der Waals surface area contributed by atoms with Crippen molar-refractivity contribution in [3.05, 3.63) is 24.3 Å². The maximum Gasteiger partial charge on any atom is 0.191 e. The van der Waals surface area contributed by atoms with Gasteiger partial charge in [0.15, 0.2) is 5.88 Å². The monoisotopic (exact) mass is 245 g/mol. The molecule has 2 heterocycles. The van der Waals surface area contributed by atoms with Crippen molar-refractivity contribution < 1.29 is 9.52 Å². The van der Waals surface area contributed by atoms with Crippen molar-refractivity contribution in [1.29, 1.82) is 0 Å². The molecular formula is C13H15N3O2. The van der Waals surface area contributed by atoms with Crippen LogP contribution in [0.1, 0.15) is 0 Å². The van der Waals surface area contributed by atoms with E-state index >= 15 is 0 Å². The third kappa shape index (κ3) is 1.60. The van der Waals surface area contributed by atoms with Gasteiger partial charge in [-0.1, -0.05) is 0 Å². The smallest absolute Gasteiger partial charge is 0.191 e. The molecule has 2 aromatic heterocycles. The van der Waals surface area contributed by atoms with Crippen molar-refractivity contribution in [3.63, 3.8) is 0 Å². The summed E-state index contributed by atoms with van der Waals surface area (Å²) >= 11 is 0. The lowest BCUT2D eigenvalue weighted by molar-refractivity contribution is 0.311. The molecule has 5 nitrogen and oxygen atoms in total. The first-order valence-corrected chi connectivity index (χ1v) is 5.82. The Morgan fingerprint density at radius 2 is 2.11 bits per heavy atom. The van der Waals surface area contributed by atoms with Gasteiger partial charge < -0.3 is 25.1 Å². The molecular weight excluding hydrogens is 230 g/mol. The minimum absolute atomic E-state index is 0.112. The van der Waals surface area contributed by atoms with Gasteiger partial charge in [0.25, 0.3) is 0 Å². The normalized spacial score (nSPS) is 11.4. The first-order chi connectivity index (χ1) is 8.69. The minimum atomic E-state index is 0.112. The summed E-state index contributed by atoms with van der Waals surface area (Å²) in [5.74, 6) is 1.40. The Balaban J connectivity index is 2.17. The first-order valence-electron chi connectivity index (χ1n) is 5.82. The Morgan fingerprint density at radius 1 is 1.28 bits per heavy atom. The maximum atomic E-state index is 8.84. The average molecular weight is 245 g/mol. The fourth-order valence-corrected chi connectivity index (χ4v) is 2.24. The number of nitrogen functional groups attached to an aromatic ring is 1. The van der Waals surface area contributed by atoms with E-state index in [4.69, 9.17) is 15.3 Å². The third-order valence-corrected chi connectivity index (χ3v) is 3.12. The molecule has 0 aliphatic rings. The number of aliphatic hydroxyl groups excluding tert-OH is 1. The van der Waals surface area contributed by atoms with Gasteiger partial charge in [0.1, 0.15) is 11.4 Å². The predicted octanol–water partition coefficient (Wildman–Crippen LogP) is 1.91. The third-order valence-electron chi connectivity index (χ3n) is 3.12. The first kappa shape index (κ1) is 11.0. The van der Waals surface area contributed by atoms with Gasteiger partial charge in [-0.2, -0.15) is 0 Å². The molecule has 0 saturated heterocycles. The van der Waals surface area contributed by atoms with Gasteiger partial charge in [-0.25, -0.2) is 0 Å². The van der Waals surface area contributed by atoms with Crippen LogP contribution in [0.5, 0.6) is 0 Å². The number of hydrogen-bond donors (Lipinski definition) is 3. The summed E-state index contributed by atoms with van der Waals surface area (Å²) in [6, 6.07) is 7.88. The van der Waals surface area contributed by atoms with E-state index in [0.29, 0.717) is 12.4 Å². The van der Waals surface area contributed by atoms with Gasteiger partial charge in [-0.05, 0) is 18.2 Å². The van der Waals surface area contributed by atoms with E-state index in [1.54, 1.807) is 0 Å². The Morgan fingerprint density at radius 3 is 2.89 bits per heavy atom. The molecule has 0 bridgehead atoms. The number of furan rings is 1. The number of hydrogen-bond acceptors (Lipinski definition) is 4. The molecule has 0 unspecified atom stereocenters. The van der Waals surface area contributed by atoms with E-state index < -0.39 is 0 Å². The molecule has 1 aromatic carbocycles. The van der Waals surface area contributed by atoms with E-state index in [2.05, 4.69) is 11.4 Å². The number of aliphatic hydroxyl groups is 1. The fourth-order valence-electron chi connectivity index (χ4n) is 2.24. The number of nitrogens with one attached hydrogen (secondary N) is 1. The van der Waals surface area contributed by atoms with Crippen LogP contribution in [-0.4, -0.2) is 22.8 Å². The SMILES string of the molecule is Cn1c(NCCO)cc2cc3oc(N)cc3cc21. The second kappa shape index (κ2) is 3.96. The number of anilines is 2. The molecule has 0 amide bonds. The predicted molar refractivity (Wildman–Crippen MR) is 72.7 cm³/mol. The van der Waals surface area contributed by atoms with E-state index in [9.17, 15) is 0 Å². The Hall–Kier alpha value is -2.14. The van der Waals surface area contributed by atoms with Crippen LogP contribution < -0.4 is 11.1 Å². The standard InChI is InChI=1S/C13H15N3O2/c1-16-10-4-9-6-12(14)18-11(9)5-8(10)7-13(16)15-2-3-17/h4-7,15,17H,2-3,14H2,1H3. The zero-order valence-corrected chi connectivity index (χ0v) is 10.1. The van der Waals surface area contributed by atoms with Gasteiger partial charge in [0, 0.05) is 30.4 Å². The summed E-state index contributed by atoms with van der Waals surface area (Å²) in [5, 5.41) is 14.1. The van der Waals surface area contributed by atoms with Crippen LogP contribution in [0.3, 0.4) is 0 Å². The molecule has 4 N–H and O–H groups in total. The van der Waals surface area contributed by atoms with E-state index in [1.165, 1.54) is 0 Å². The van der Waals surface area contributed by atoms with Crippen LogP contribution in [0.2, 0.25) is 0 Å². The van der Waals surface area contributed by atoms with Crippen molar-refractivity contribution >= 4 is 33.6 Å². The second-order valence-corrected chi connectivity index (χ2v) is 4.34. The summed E-state index contributed by atoms with van der Waals surface area (Å²) in [6.07, 6.45) is 0. The molecule has 0 aliphatic heterocycles. The molecule has 0 spiro atoms.